The Kier molecular flexibility index (Phi) is 2.86. The maximum absolute atomic E-state index is 13.6. The fourth-order valence-electron chi connectivity index (χ4n) is 1.68. The molecule has 0 aromatic heterocycles. The van der Waals surface area contributed by atoms with Crippen molar-refractivity contribution in [1.29, 1.82) is 0 Å². The molecule has 18 heavy (non-hydrogen) atoms. The van der Waals surface area contributed by atoms with E-state index < -0.39 is 32.2 Å². The zero-order valence-electron chi connectivity index (χ0n) is 10.00. The molecule has 0 bridgehead atoms. The largest absolute Gasteiger partial charge is 0.394 e. The first-order chi connectivity index (χ1) is 8.15. The summed E-state index contributed by atoms with van der Waals surface area (Å²) >= 11 is 0. The Morgan fingerprint density at radius 1 is 1.39 bits per heavy atom. The van der Waals surface area contributed by atoms with Crippen molar-refractivity contribution in [1.82, 2.24) is 4.72 Å². The summed E-state index contributed by atoms with van der Waals surface area (Å²) in [7, 11) is -4.01. The van der Waals surface area contributed by atoms with Gasteiger partial charge in [-0.1, -0.05) is 13.8 Å². The van der Waals surface area contributed by atoms with Gasteiger partial charge in [-0.15, -0.1) is 0 Å². The molecular weight excluding hydrogens is 262 g/mol. The van der Waals surface area contributed by atoms with Gasteiger partial charge < -0.3 is 5.73 Å². The van der Waals surface area contributed by atoms with Crippen molar-refractivity contribution in [3.63, 3.8) is 0 Å². The number of nitrogen functional groups attached to an aromatic ring is 1. The van der Waals surface area contributed by atoms with Crippen LogP contribution in [0.3, 0.4) is 0 Å². The Bertz CT molecular complexity index is 599. The van der Waals surface area contributed by atoms with Gasteiger partial charge in [0.05, 0.1) is 0 Å². The number of hydrogen-bond donors (Lipinski definition) is 2. The van der Waals surface area contributed by atoms with E-state index in [4.69, 9.17) is 5.73 Å². The van der Waals surface area contributed by atoms with Crippen molar-refractivity contribution in [2.75, 3.05) is 5.73 Å². The van der Waals surface area contributed by atoms with Gasteiger partial charge in [0.2, 0.25) is 10.0 Å². The van der Waals surface area contributed by atoms with Gasteiger partial charge in [-0.05, 0) is 24.0 Å². The van der Waals surface area contributed by atoms with E-state index in [1.807, 2.05) is 13.8 Å². The molecule has 2 rings (SSSR count). The molecule has 1 aliphatic rings. The van der Waals surface area contributed by atoms with Crippen LogP contribution in [0.25, 0.3) is 0 Å². The minimum Gasteiger partial charge on any atom is -0.394 e. The lowest BCUT2D eigenvalue weighted by Gasteiger charge is -2.10. The predicted molar refractivity (Wildman–Crippen MR) is 63.3 cm³/mol. The highest BCUT2D eigenvalue weighted by atomic mass is 32.2. The monoisotopic (exact) mass is 276 g/mol. The molecule has 0 saturated heterocycles. The second-order valence-electron chi connectivity index (χ2n) is 5.14. The van der Waals surface area contributed by atoms with Gasteiger partial charge in [0, 0.05) is 6.04 Å². The Hall–Kier alpha value is -1.21. The second kappa shape index (κ2) is 3.89. The topological polar surface area (TPSA) is 72.2 Å². The smallest absolute Gasteiger partial charge is 0.243 e. The molecule has 1 aromatic rings. The van der Waals surface area contributed by atoms with Crippen LogP contribution in [0.4, 0.5) is 14.5 Å². The molecule has 3 N–H and O–H groups in total. The van der Waals surface area contributed by atoms with Crippen LogP contribution in [-0.4, -0.2) is 14.5 Å². The van der Waals surface area contributed by atoms with Gasteiger partial charge in [0.15, 0.2) is 5.82 Å². The average Bonchev–Trinajstić information content (AvgIpc) is 2.81. The SMILES string of the molecule is CC1(C)CC1NS(=O)(=O)c1ccc(F)c(N)c1F. The van der Waals surface area contributed by atoms with Gasteiger partial charge in [-0.2, -0.15) is 0 Å². The molecule has 4 nitrogen and oxygen atoms in total. The number of halogens is 2. The van der Waals surface area contributed by atoms with E-state index in [0.717, 1.165) is 12.1 Å². The molecule has 1 atom stereocenters. The van der Waals surface area contributed by atoms with E-state index >= 15 is 0 Å². The highest BCUT2D eigenvalue weighted by Crippen LogP contribution is 2.45. The molecule has 0 aliphatic heterocycles. The lowest BCUT2D eigenvalue weighted by atomic mass is 10.2. The number of anilines is 1. The Morgan fingerprint density at radius 3 is 2.44 bits per heavy atom. The third kappa shape index (κ3) is 2.20. The Balaban J connectivity index is 2.34. The zero-order chi connectivity index (χ0) is 13.7. The minimum atomic E-state index is -4.01. The molecule has 1 unspecified atom stereocenters. The maximum Gasteiger partial charge on any atom is 0.243 e. The molecule has 0 amide bonds. The summed E-state index contributed by atoms with van der Waals surface area (Å²) in [5.74, 6) is -2.22. The molecule has 0 radical (unpaired) electrons. The summed E-state index contributed by atoms with van der Waals surface area (Å²) in [5.41, 5.74) is 4.22. The molecule has 100 valence electrons. The number of nitrogens with two attached hydrogens (primary N) is 1. The lowest BCUT2D eigenvalue weighted by molar-refractivity contribution is 0.536. The lowest BCUT2D eigenvalue weighted by Crippen LogP contribution is -2.29. The molecule has 1 aliphatic carbocycles. The van der Waals surface area contributed by atoms with Crippen molar-refractivity contribution in [3.8, 4) is 0 Å². The third-order valence-electron chi connectivity index (χ3n) is 3.19. The number of rotatable bonds is 3. The molecule has 0 heterocycles. The predicted octanol–water partition coefficient (Wildman–Crippen LogP) is 1.62. The standard InChI is InChI=1S/C11H14F2N2O2S/c1-11(2)5-8(11)15-18(16,17)7-4-3-6(12)10(14)9(7)13/h3-4,8,15H,5,14H2,1-2H3. The zero-order valence-corrected chi connectivity index (χ0v) is 10.8. The van der Waals surface area contributed by atoms with Crippen LogP contribution in [0.15, 0.2) is 17.0 Å². The van der Waals surface area contributed by atoms with E-state index in [-0.39, 0.29) is 11.5 Å². The van der Waals surface area contributed by atoms with Crippen LogP contribution >= 0.6 is 0 Å². The van der Waals surface area contributed by atoms with Crippen molar-refractivity contribution in [2.45, 2.75) is 31.2 Å². The molecule has 1 fully saturated rings. The summed E-state index contributed by atoms with van der Waals surface area (Å²) < 4.78 is 52.8. The molecular formula is C11H14F2N2O2S. The molecule has 1 aromatic carbocycles. The first-order valence-corrected chi connectivity index (χ1v) is 6.89. The third-order valence-corrected chi connectivity index (χ3v) is 4.68. The van der Waals surface area contributed by atoms with Crippen molar-refractivity contribution in [2.24, 2.45) is 5.41 Å². The molecule has 0 spiro atoms. The maximum atomic E-state index is 13.6. The van der Waals surface area contributed by atoms with Crippen LogP contribution in [0.2, 0.25) is 0 Å². The van der Waals surface area contributed by atoms with E-state index in [1.165, 1.54) is 0 Å². The van der Waals surface area contributed by atoms with Crippen LogP contribution in [0.1, 0.15) is 20.3 Å². The summed E-state index contributed by atoms with van der Waals surface area (Å²) in [6.07, 6.45) is 0.685. The highest BCUT2D eigenvalue weighted by Gasteiger charge is 2.48. The van der Waals surface area contributed by atoms with Crippen molar-refractivity contribution in [3.05, 3.63) is 23.8 Å². The fourth-order valence-corrected chi connectivity index (χ4v) is 3.17. The minimum absolute atomic E-state index is 0.130. The van der Waals surface area contributed by atoms with Crippen LogP contribution in [0.5, 0.6) is 0 Å². The van der Waals surface area contributed by atoms with Gasteiger partial charge in [0.1, 0.15) is 16.4 Å². The van der Waals surface area contributed by atoms with Crippen LogP contribution in [-0.2, 0) is 10.0 Å². The Morgan fingerprint density at radius 2 is 1.94 bits per heavy atom. The first-order valence-electron chi connectivity index (χ1n) is 5.41. The van der Waals surface area contributed by atoms with Gasteiger partial charge in [0.25, 0.3) is 0 Å². The first kappa shape index (κ1) is 13.2. The van der Waals surface area contributed by atoms with Crippen molar-refractivity contribution < 1.29 is 17.2 Å². The van der Waals surface area contributed by atoms with Gasteiger partial charge in [-0.25, -0.2) is 21.9 Å². The van der Waals surface area contributed by atoms with Crippen LogP contribution in [0, 0.1) is 17.0 Å². The van der Waals surface area contributed by atoms with Crippen molar-refractivity contribution >= 4 is 15.7 Å². The number of hydrogen-bond acceptors (Lipinski definition) is 3. The van der Waals surface area contributed by atoms with E-state index in [1.54, 1.807) is 0 Å². The number of sulfonamides is 1. The molecule has 1 saturated carbocycles. The number of benzene rings is 1. The summed E-state index contributed by atoms with van der Waals surface area (Å²) in [6, 6.07) is 1.48. The normalized spacial score (nSPS) is 21.9. The second-order valence-corrected chi connectivity index (χ2v) is 6.82. The van der Waals surface area contributed by atoms with E-state index in [9.17, 15) is 17.2 Å². The Labute approximate surface area is 104 Å². The highest BCUT2D eigenvalue weighted by molar-refractivity contribution is 7.89. The quantitative estimate of drug-likeness (QED) is 0.824. The number of nitrogens with one attached hydrogen (secondary N) is 1. The fraction of sp³-hybridized carbons (Fsp3) is 0.455. The van der Waals surface area contributed by atoms with Gasteiger partial charge >= 0.3 is 0 Å². The average molecular weight is 276 g/mol. The summed E-state index contributed by atoms with van der Waals surface area (Å²) in [4.78, 5) is -0.621. The van der Waals surface area contributed by atoms with E-state index in [0.29, 0.717) is 6.42 Å². The summed E-state index contributed by atoms with van der Waals surface area (Å²) in [6.45, 7) is 3.80. The van der Waals surface area contributed by atoms with Crippen LogP contribution < -0.4 is 10.5 Å². The van der Waals surface area contributed by atoms with E-state index in [2.05, 4.69) is 4.72 Å². The molecule has 7 heteroatoms. The van der Waals surface area contributed by atoms with Gasteiger partial charge in [-0.3, -0.25) is 0 Å². The summed E-state index contributed by atoms with van der Waals surface area (Å²) in [5, 5.41) is 0.